The van der Waals surface area contributed by atoms with E-state index in [0.29, 0.717) is 6.54 Å². The Balaban J connectivity index is 2.68. The number of sulfonamides is 1. The lowest BCUT2D eigenvalue weighted by Gasteiger charge is -2.45. The Kier molecular flexibility index (Phi) is 5.46. The minimum Gasteiger partial charge on any atom is -0.332 e. The molecule has 2 heterocycles. The van der Waals surface area contributed by atoms with E-state index in [9.17, 15) is 8.42 Å². The van der Waals surface area contributed by atoms with Gasteiger partial charge >= 0.3 is 0 Å². The fourth-order valence-electron chi connectivity index (χ4n) is 4.19. The fraction of sp³-hybridized carbons (Fsp3) is 0.857. The van der Waals surface area contributed by atoms with Crippen molar-refractivity contribution in [1.82, 2.24) is 9.21 Å². The zero-order valence-electron chi connectivity index (χ0n) is 19.1. The van der Waals surface area contributed by atoms with Crippen molar-refractivity contribution < 1.29 is 8.42 Å². The summed E-state index contributed by atoms with van der Waals surface area (Å²) in [6.07, 6.45) is 2.04. The summed E-state index contributed by atoms with van der Waals surface area (Å²) in [4.78, 5) is 7.60. The molecule has 2 aliphatic rings. The van der Waals surface area contributed by atoms with E-state index in [4.69, 9.17) is 4.99 Å². The second kappa shape index (κ2) is 6.58. The molecule has 1 fully saturated rings. The second-order valence-corrected chi connectivity index (χ2v) is 13.4. The SMILES string of the molecule is CN(C1CC2=C(C(C)(C)C)C(C(C)(C)C)N=C(C(C)(C)C)N2C1)S(C)(=O)=O. The van der Waals surface area contributed by atoms with Crippen LogP contribution in [0.1, 0.15) is 68.7 Å². The first-order valence-electron chi connectivity index (χ1n) is 9.87. The Morgan fingerprint density at radius 3 is 1.89 bits per heavy atom. The van der Waals surface area contributed by atoms with Gasteiger partial charge in [0.05, 0.1) is 12.3 Å². The molecule has 0 saturated carbocycles. The number of aliphatic imine (C=N–C) groups is 1. The monoisotopic (exact) mass is 397 g/mol. The summed E-state index contributed by atoms with van der Waals surface area (Å²) in [5.41, 5.74) is 2.50. The predicted octanol–water partition coefficient (Wildman–Crippen LogP) is 4.13. The molecule has 0 bridgehead atoms. The average Bonchev–Trinajstić information content (AvgIpc) is 2.84. The van der Waals surface area contributed by atoms with Crippen molar-refractivity contribution in [2.24, 2.45) is 21.2 Å². The van der Waals surface area contributed by atoms with Crippen molar-refractivity contribution in [2.75, 3.05) is 19.8 Å². The maximum absolute atomic E-state index is 12.2. The lowest BCUT2D eigenvalue weighted by Crippen LogP contribution is -2.47. The molecule has 156 valence electrons. The third kappa shape index (κ3) is 4.42. The number of nitrogens with zero attached hydrogens (tertiary/aromatic N) is 3. The van der Waals surface area contributed by atoms with E-state index in [-0.39, 0.29) is 28.3 Å². The Morgan fingerprint density at radius 2 is 1.52 bits per heavy atom. The molecule has 0 aromatic carbocycles. The first-order chi connectivity index (χ1) is 11.8. The molecule has 2 unspecified atom stereocenters. The standard InChI is InChI=1S/C21H39N3O2S/c1-19(2,3)16-15-12-14(23(10)27(11,25)26)13-24(15)18(21(7,8)9)22-17(16)20(4,5)6/h14,17H,12-13H2,1-11H3. The summed E-state index contributed by atoms with van der Waals surface area (Å²) in [7, 11) is -1.53. The summed E-state index contributed by atoms with van der Waals surface area (Å²) >= 11 is 0. The highest BCUT2D eigenvalue weighted by molar-refractivity contribution is 7.88. The molecule has 0 radical (unpaired) electrons. The smallest absolute Gasteiger partial charge is 0.211 e. The quantitative estimate of drug-likeness (QED) is 0.704. The first-order valence-corrected chi connectivity index (χ1v) is 11.7. The lowest BCUT2D eigenvalue weighted by atomic mass is 9.70. The van der Waals surface area contributed by atoms with Gasteiger partial charge in [-0.2, -0.15) is 4.31 Å². The minimum atomic E-state index is -3.23. The van der Waals surface area contributed by atoms with Crippen LogP contribution in [-0.4, -0.2) is 55.4 Å². The third-order valence-corrected chi connectivity index (χ3v) is 6.92. The molecule has 0 aromatic heterocycles. The summed E-state index contributed by atoms with van der Waals surface area (Å²) in [6.45, 7) is 20.7. The average molecular weight is 398 g/mol. The highest BCUT2D eigenvalue weighted by Crippen LogP contribution is 2.47. The molecule has 0 aliphatic carbocycles. The Hall–Kier alpha value is -0.880. The largest absolute Gasteiger partial charge is 0.332 e. The molecule has 0 aromatic rings. The van der Waals surface area contributed by atoms with E-state index in [1.807, 2.05) is 0 Å². The number of hydrogen-bond donors (Lipinski definition) is 0. The van der Waals surface area contributed by atoms with Crippen molar-refractivity contribution in [3.63, 3.8) is 0 Å². The van der Waals surface area contributed by atoms with Crippen LogP contribution in [0.4, 0.5) is 0 Å². The van der Waals surface area contributed by atoms with Gasteiger partial charge in [-0.05, 0) is 16.4 Å². The number of likely N-dealkylation sites (N-methyl/N-ethyl adjacent to an activating group) is 1. The molecular weight excluding hydrogens is 358 g/mol. The highest BCUT2D eigenvalue weighted by Gasteiger charge is 2.47. The normalized spacial score (nSPS) is 25.2. The van der Waals surface area contributed by atoms with E-state index in [1.54, 1.807) is 7.05 Å². The van der Waals surface area contributed by atoms with E-state index >= 15 is 0 Å². The van der Waals surface area contributed by atoms with Crippen LogP contribution in [-0.2, 0) is 10.0 Å². The summed E-state index contributed by atoms with van der Waals surface area (Å²) < 4.78 is 25.9. The summed E-state index contributed by atoms with van der Waals surface area (Å²) in [6, 6.07) is 0.0406. The minimum absolute atomic E-state index is 0.000968. The van der Waals surface area contributed by atoms with Crippen molar-refractivity contribution >= 4 is 15.9 Å². The predicted molar refractivity (Wildman–Crippen MR) is 114 cm³/mol. The molecule has 2 aliphatic heterocycles. The van der Waals surface area contributed by atoms with Gasteiger partial charge in [-0.3, -0.25) is 4.99 Å². The Labute approximate surface area is 167 Å². The van der Waals surface area contributed by atoms with Crippen molar-refractivity contribution in [3.05, 3.63) is 11.3 Å². The topological polar surface area (TPSA) is 53.0 Å². The van der Waals surface area contributed by atoms with Crippen LogP contribution in [0.25, 0.3) is 0 Å². The second-order valence-electron chi connectivity index (χ2n) is 11.3. The van der Waals surface area contributed by atoms with Crippen LogP contribution in [0, 0.1) is 16.2 Å². The van der Waals surface area contributed by atoms with E-state index in [1.165, 1.54) is 21.8 Å². The van der Waals surface area contributed by atoms with Crippen LogP contribution in [0.3, 0.4) is 0 Å². The van der Waals surface area contributed by atoms with Gasteiger partial charge in [0.2, 0.25) is 10.0 Å². The summed E-state index contributed by atoms with van der Waals surface area (Å²) in [5.74, 6) is 1.08. The van der Waals surface area contributed by atoms with Crippen molar-refractivity contribution in [2.45, 2.75) is 80.8 Å². The molecule has 1 saturated heterocycles. The molecular formula is C21H39N3O2S. The molecule has 27 heavy (non-hydrogen) atoms. The molecule has 5 nitrogen and oxygen atoms in total. The zero-order valence-corrected chi connectivity index (χ0v) is 20.0. The van der Waals surface area contributed by atoms with Gasteiger partial charge in [-0.1, -0.05) is 62.3 Å². The van der Waals surface area contributed by atoms with E-state index in [2.05, 4.69) is 67.2 Å². The number of rotatable bonds is 2. The zero-order chi connectivity index (χ0) is 21.2. The number of amidine groups is 1. The van der Waals surface area contributed by atoms with Gasteiger partial charge < -0.3 is 4.90 Å². The number of fused-ring (bicyclic) bond motifs is 1. The van der Waals surface area contributed by atoms with E-state index in [0.717, 1.165) is 12.3 Å². The van der Waals surface area contributed by atoms with Crippen LogP contribution in [0.5, 0.6) is 0 Å². The molecule has 2 atom stereocenters. The van der Waals surface area contributed by atoms with E-state index < -0.39 is 10.0 Å². The first kappa shape index (κ1) is 22.4. The number of hydrogen-bond acceptors (Lipinski definition) is 4. The van der Waals surface area contributed by atoms with Gasteiger partial charge in [0.25, 0.3) is 0 Å². The fourth-order valence-corrected chi connectivity index (χ4v) is 4.87. The third-order valence-electron chi connectivity index (χ3n) is 5.58. The summed E-state index contributed by atoms with van der Waals surface area (Å²) in [5, 5.41) is 0. The van der Waals surface area contributed by atoms with Gasteiger partial charge in [0.15, 0.2) is 0 Å². The maximum atomic E-state index is 12.2. The van der Waals surface area contributed by atoms with Gasteiger partial charge in [0.1, 0.15) is 5.84 Å². The molecule has 2 rings (SSSR count). The molecule has 0 spiro atoms. The Morgan fingerprint density at radius 1 is 1.00 bits per heavy atom. The van der Waals surface area contributed by atoms with Gasteiger partial charge in [0, 0.05) is 37.2 Å². The lowest BCUT2D eigenvalue weighted by molar-refractivity contribution is 0.284. The maximum Gasteiger partial charge on any atom is 0.211 e. The Bertz CT molecular complexity index is 759. The van der Waals surface area contributed by atoms with Gasteiger partial charge in [-0.25, -0.2) is 8.42 Å². The molecule has 6 heteroatoms. The van der Waals surface area contributed by atoms with Crippen molar-refractivity contribution in [1.29, 1.82) is 0 Å². The van der Waals surface area contributed by atoms with Crippen LogP contribution in [0.15, 0.2) is 16.3 Å². The van der Waals surface area contributed by atoms with Crippen LogP contribution >= 0.6 is 0 Å². The molecule has 0 amide bonds. The van der Waals surface area contributed by atoms with Gasteiger partial charge in [-0.15, -0.1) is 0 Å². The van der Waals surface area contributed by atoms with Crippen LogP contribution in [0.2, 0.25) is 0 Å². The highest BCUT2D eigenvalue weighted by atomic mass is 32.2. The van der Waals surface area contributed by atoms with Crippen LogP contribution < -0.4 is 0 Å². The van der Waals surface area contributed by atoms with Crippen molar-refractivity contribution in [3.8, 4) is 0 Å². The molecule has 0 N–H and O–H groups in total.